The Labute approximate surface area is 89.6 Å². The SMILES string of the molecule is CCC(CC(N)=NO)SCC(C)CO. The highest BCUT2D eigenvalue weighted by Crippen LogP contribution is 2.20. The first-order chi connectivity index (χ1) is 6.63. The molecule has 4 nitrogen and oxygen atoms in total. The minimum Gasteiger partial charge on any atom is -0.409 e. The van der Waals surface area contributed by atoms with E-state index in [9.17, 15) is 0 Å². The van der Waals surface area contributed by atoms with E-state index in [4.69, 9.17) is 16.0 Å². The zero-order valence-electron chi connectivity index (χ0n) is 8.81. The lowest BCUT2D eigenvalue weighted by Gasteiger charge is -2.15. The molecule has 0 radical (unpaired) electrons. The van der Waals surface area contributed by atoms with Crippen LogP contribution in [0.15, 0.2) is 5.16 Å². The molecule has 0 bridgehead atoms. The number of aliphatic hydroxyl groups is 1. The van der Waals surface area contributed by atoms with Gasteiger partial charge in [0, 0.05) is 18.3 Å². The average Bonchev–Trinajstić information content (AvgIpc) is 2.22. The summed E-state index contributed by atoms with van der Waals surface area (Å²) in [5.41, 5.74) is 5.43. The molecule has 0 aromatic carbocycles. The summed E-state index contributed by atoms with van der Waals surface area (Å²) in [6.45, 7) is 4.29. The van der Waals surface area contributed by atoms with Gasteiger partial charge in [-0.15, -0.1) is 0 Å². The number of amidine groups is 1. The Hall–Kier alpha value is -0.420. The third-order valence-corrected chi connectivity index (χ3v) is 3.68. The van der Waals surface area contributed by atoms with E-state index < -0.39 is 0 Å². The monoisotopic (exact) mass is 220 g/mol. The summed E-state index contributed by atoms with van der Waals surface area (Å²) < 4.78 is 0. The van der Waals surface area contributed by atoms with Crippen LogP contribution in [0.3, 0.4) is 0 Å². The molecule has 14 heavy (non-hydrogen) atoms. The van der Waals surface area contributed by atoms with Crippen molar-refractivity contribution in [3.05, 3.63) is 0 Å². The molecule has 0 fully saturated rings. The number of oxime groups is 1. The maximum absolute atomic E-state index is 8.85. The molecule has 4 N–H and O–H groups in total. The average molecular weight is 220 g/mol. The van der Waals surface area contributed by atoms with Crippen molar-refractivity contribution in [2.24, 2.45) is 16.8 Å². The largest absolute Gasteiger partial charge is 0.409 e. The van der Waals surface area contributed by atoms with Crippen LogP contribution in [0.1, 0.15) is 26.7 Å². The van der Waals surface area contributed by atoms with Gasteiger partial charge in [-0.3, -0.25) is 0 Å². The summed E-state index contributed by atoms with van der Waals surface area (Å²) in [5, 5.41) is 20.6. The molecule has 5 heteroatoms. The number of aliphatic hydroxyl groups excluding tert-OH is 1. The number of nitrogens with two attached hydrogens (primary N) is 1. The smallest absolute Gasteiger partial charge is 0.140 e. The second-order valence-corrected chi connectivity index (χ2v) is 4.78. The van der Waals surface area contributed by atoms with E-state index in [0.717, 1.165) is 12.2 Å². The Morgan fingerprint density at radius 3 is 2.64 bits per heavy atom. The molecule has 0 aromatic rings. The van der Waals surface area contributed by atoms with Gasteiger partial charge in [-0.1, -0.05) is 19.0 Å². The van der Waals surface area contributed by atoms with Crippen molar-refractivity contribution in [2.75, 3.05) is 12.4 Å². The maximum Gasteiger partial charge on any atom is 0.140 e. The maximum atomic E-state index is 8.85. The van der Waals surface area contributed by atoms with Crippen LogP contribution in [0.2, 0.25) is 0 Å². The van der Waals surface area contributed by atoms with Gasteiger partial charge in [-0.25, -0.2) is 0 Å². The van der Waals surface area contributed by atoms with E-state index >= 15 is 0 Å². The van der Waals surface area contributed by atoms with E-state index in [0.29, 0.717) is 17.6 Å². The van der Waals surface area contributed by atoms with Crippen LogP contribution in [0.25, 0.3) is 0 Å². The summed E-state index contributed by atoms with van der Waals surface area (Å²) in [6, 6.07) is 0. The fourth-order valence-corrected chi connectivity index (χ4v) is 2.18. The van der Waals surface area contributed by atoms with Crippen molar-refractivity contribution in [2.45, 2.75) is 31.9 Å². The van der Waals surface area contributed by atoms with Crippen molar-refractivity contribution in [1.29, 1.82) is 0 Å². The van der Waals surface area contributed by atoms with Crippen LogP contribution in [0.4, 0.5) is 0 Å². The lowest BCUT2D eigenvalue weighted by atomic mass is 10.2. The second kappa shape index (κ2) is 7.94. The summed E-state index contributed by atoms with van der Waals surface area (Å²) in [7, 11) is 0. The molecule has 0 aliphatic heterocycles. The molecule has 0 amide bonds. The van der Waals surface area contributed by atoms with Crippen LogP contribution < -0.4 is 5.73 Å². The van der Waals surface area contributed by atoms with Crippen molar-refractivity contribution in [3.8, 4) is 0 Å². The minimum absolute atomic E-state index is 0.215. The number of hydrogen-bond acceptors (Lipinski definition) is 4. The Balaban J connectivity index is 3.79. The van der Waals surface area contributed by atoms with Crippen molar-refractivity contribution >= 4 is 17.6 Å². The predicted octanol–water partition coefficient (Wildman–Crippen LogP) is 1.26. The molecule has 2 atom stereocenters. The van der Waals surface area contributed by atoms with E-state index in [1.54, 1.807) is 11.8 Å². The van der Waals surface area contributed by atoms with Gasteiger partial charge in [0.25, 0.3) is 0 Å². The molecular formula is C9H20N2O2S. The molecule has 0 spiro atoms. The molecule has 0 aromatic heterocycles. The van der Waals surface area contributed by atoms with E-state index in [1.165, 1.54) is 0 Å². The fraction of sp³-hybridized carbons (Fsp3) is 0.889. The zero-order chi connectivity index (χ0) is 11.0. The highest BCUT2D eigenvalue weighted by molar-refractivity contribution is 7.99. The van der Waals surface area contributed by atoms with Gasteiger partial charge in [0.15, 0.2) is 0 Å². The Morgan fingerprint density at radius 2 is 2.21 bits per heavy atom. The zero-order valence-corrected chi connectivity index (χ0v) is 9.63. The standard InChI is InChI=1S/C9H20N2O2S/c1-3-8(4-9(10)11-13)14-6-7(2)5-12/h7-8,12-13H,3-6H2,1-2H3,(H2,10,11). The van der Waals surface area contributed by atoms with Crippen molar-refractivity contribution < 1.29 is 10.3 Å². The van der Waals surface area contributed by atoms with Crippen LogP contribution >= 0.6 is 11.8 Å². The Bertz CT molecular complexity index is 176. The normalized spacial score (nSPS) is 16.6. The number of nitrogens with zero attached hydrogens (tertiary/aromatic N) is 1. The molecule has 0 aliphatic carbocycles. The van der Waals surface area contributed by atoms with E-state index in [1.807, 2.05) is 6.92 Å². The van der Waals surface area contributed by atoms with Gasteiger partial charge in [-0.2, -0.15) is 11.8 Å². The molecule has 0 heterocycles. The van der Waals surface area contributed by atoms with Gasteiger partial charge < -0.3 is 16.0 Å². The van der Waals surface area contributed by atoms with Gasteiger partial charge >= 0.3 is 0 Å². The van der Waals surface area contributed by atoms with Crippen molar-refractivity contribution in [3.63, 3.8) is 0 Å². The Morgan fingerprint density at radius 1 is 1.57 bits per heavy atom. The van der Waals surface area contributed by atoms with Gasteiger partial charge in [0.1, 0.15) is 5.84 Å². The molecule has 0 rings (SSSR count). The lowest BCUT2D eigenvalue weighted by molar-refractivity contribution is 0.250. The topological polar surface area (TPSA) is 78.8 Å². The third-order valence-electron chi connectivity index (χ3n) is 1.95. The molecule has 2 unspecified atom stereocenters. The van der Waals surface area contributed by atoms with Crippen LogP contribution in [0, 0.1) is 5.92 Å². The summed E-state index contributed by atoms with van der Waals surface area (Å²) in [5.74, 6) is 1.50. The summed E-state index contributed by atoms with van der Waals surface area (Å²) in [4.78, 5) is 0. The molecule has 0 aliphatic rings. The van der Waals surface area contributed by atoms with Crippen LogP contribution in [-0.4, -0.2) is 33.8 Å². The van der Waals surface area contributed by atoms with Crippen LogP contribution in [0.5, 0.6) is 0 Å². The third kappa shape index (κ3) is 6.10. The first kappa shape index (κ1) is 13.6. The van der Waals surface area contributed by atoms with Crippen LogP contribution in [-0.2, 0) is 0 Å². The first-order valence-corrected chi connectivity index (χ1v) is 5.87. The minimum atomic E-state index is 0.215. The second-order valence-electron chi connectivity index (χ2n) is 3.45. The quantitative estimate of drug-likeness (QED) is 0.261. The number of rotatable bonds is 7. The number of thioether (sulfide) groups is 1. The molecular weight excluding hydrogens is 200 g/mol. The van der Waals surface area contributed by atoms with Crippen molar-refractivity contribution in [1.82, 2.24) is 0 Å². The summed E-state index contributed by atoms with van der Waals surface area (Å²) in [6.07, 6.45) is 1.59. The fourth-order valence-electron chi connectivity index (χ4n) is 0.948. The lowest BCUT2D eigenvalue weighted by Crippen LogP contribution is -2.19. The predicted molar refractivity (Wildman–Crippen MR) is 60.8 cm³/mol. The molecule has 84 valence electrons. The summed E-state index contributed by atoms with van der Waals surface area (Å²) >= 11 is 1.77. The Kier molecular flexibility index (Phi) is 7.70. The van der Waals surface area contributed by atoms with Gasteiger partial charge in [0.2, 0.25) is 0 Å². The highest BCUT2D eigenvalue weighted by Gasteiger charge is 2.11. The molecule has 0 saturated carbocycles. The van der Waals surface area contributed by atoms with Gasteiger partial charge in [-0.05, 0) is 18.1 Å². The van der Waals surface area contributed by atoms with Gasteiger partial charge in [0.05, 0.1) is 0 Å². The first-order valence-electron chi connectivity index (χ1n) is 4.82. The number of hydrogen-bond donors (Lipinski definition) is 3. The highest BCUT2D eigenvalue weighted by atomic mass is 32.2. The molecule has 0 saturated heterocycles. The van der Waals surface area contributed by atoms with E-state index in [2.05, 4.69) is 12.1 Å². The van der Waals surface area contributed by atoms with E-state index in [-0.39, 0.29) is 12.4 Å².